The zero-order valence-electron chi connectivity index (χ0n) is 12.2. The minimum atomic E-state index is 0.199. The summed E-state index contributed by atoms with van der Waals surface area (Å²) in [7, 11) is 2.07. The summed E-state index contributed by atoms with van der Waals surface area (Å²) in [5.74, 6) is 1.46. The van der Waals surface area contributed by atoms with Crippen molar-refractivity contribution in [3.8, 4) is 0 Å². The van der Waals surface area contributed by atoms with Crippen LogP contribution >= 0.6 is 0 Å². The van der Waals surface area contributed by atoms with E-state index in [-0.39, 0.29) is 12.6 Å². The Morgan fingerprint density at radius 3 is 2.95 bits per heavy atom. The van der Waals surface area contributed by atoms with Crippen LogP contribution in [-0.4, -0.2) is 27.3 Å². The van der Waals surface area contributed by atoms with Gasteiger partial charge in [0.15, 0.2) is 0 Å². The third-order valence-corrected chi connectivity index (χ3v) is 4.57. The summed E-state index contributed by atoms with van der Waals surface area (Å²) in [5.41, 5.74) is 2.21. The van der Waals surface area contributed by atoms with Crippen molar-refractivity contribution >= 4 is 11.0 Å². The fraction of sp³-hybridized carbons (Fsp3) is 0.562. The van der Waals surface area contributed by atoms with Gasteiger partial charge in [-0.05, 0) is 37.8 Å². The van der Waals surface area contributed by atoms with Gasteiger partial charge in [0, 0.05) is 19.7 Å². The average molecular weight is 273 g/mol. The molecule has 0 aliphatic heterocycles. The first-order chi connectivity index (χ1) is 9.70. The fourth-order valence-corrected chi connectivity index (χ4v) is 3.42. The molecule has 1 aromatic carbocycles. The monoisotopic (exact) mass is 273 g/mol. The highest BCUT2D eigenvalue weighted by Crippen LogP contribution is 2.28. The molecule has 20 heavy (non-hydrogen) atoms. The van der Waals surface area contributed by atoms with Gasteiger partial charge in [-0.1, -0.05) is 18.6 Å². The number of para-hydroxylation sites is 2. The molecule has 1 saturated carbocycles. The van der Waals surface area contributed by atoms with Crippen molar-refractivity contribution in [1.29, 1.82) is 0 Å². The highest BCUT2D eigenvalue weighted by Gasteiger charge is 2.28. The largest absolute Gasteiger partial charge is 0.396 e. The van der Waals surface area contributed by atoms with Crippen LogP contribution in [0.3, 0.4) is 0 Å². The number of hydrogen-bond acceptors (Lipinski definition) is 3. The third kappa shape index (κ3) is 2.34. The van der Waals surface area contributed by atoms with Crippen LogP contribution in [0.2, 0.25) is 0 Å². The molecule has 0 radical (unpaired) electrons. The zero-order valence-corrected chi connectivity index (χ0v) is 12.2. The molecule has 3 rings (SSSR count). The van der Waals surface area contributed by atoms with Crippen molar-refractivity contribution in [2.45, 2.75) is 38.3 Å². The number of nitrogens with one attached hydrogen (secondary N) is 1. The topological polar surface area (TPSA) is 50.1 Å². The number of imidazole rings is 1. The summed E-state index contributed by atoms with van der Waals surface area (Å²) in [6, 6.07) is 8.84. The quantitative estimate of drug-likeness (QED) is 0.899. The first kappa shape index (κ1) is 13.6. The Morgan fingerprint density at radius 2 is 2.20 bits per heavy atom. The van der Waals surface area contributed by atoms with Crippen molar-refractivity contribution in [2.75, 3.05) is 6.61 Å². The normalized spacial score (nSPS) is 24.4. The van der Waals surface area contributed by atoms with E-state index in [1.807, 2.05) is 12.1 Å². The Kier molecular flexibility index (Phi) is 3.76. The highest BCUT2D eigenvalue weighted by atomic mass is 16.3. The summed E-state index contributed by atoms with van der Waals surface area (Å²) in [5, 5.41) is 13.1. The van der Waals surface area contributed by atoms with E-state index in [1.165, 1.54) is 11.9 Å². The molecule has 2 N–H and O–H groups in total. The van der Waals surface area contributed by atoms with E-state index in [9.17, 15) is 5.11 Å². The molecule has 1 aromatic heterocycles. The second-order valence-corrected chi connectivity index (χ2v) is 5.89. The number of aliphatic hydroxyl groups excluding tert-OH is 1. The molecule has 1 aliphatic rings. The smallest absolute Gasteiger partial charge is 0.126 e. The van der Waals surface area contributed by atoms with Gasteiger partial charge in [-0.15, -0.1) is 0 Å². The number of fused-ring (bicyclic) bond motifs is 1. The lowest BCUT2D eigenvalue weighted by Gasteiger charge is -2.23. The first-order valence-corrected chi connectivity index (χ1v) is 7.49. The first-order valence-electron chi connectivity index (χ1n) is 7.49. The number of nitrogens with zero attached hydrogens (tertiary/aromatic N) is 2. The standard InChI is InChI=1S/C16H23N3O/c1-11(17-13-8-5-6-12(13)10-20)16-18-14-7-3-4-9-15(14)19(16)2/h3-4,7,9,11-13,17,20H,5-6,8,10H2,1-2H3. The second-order valence-electron chi connectivity index (χ2n) is 5.89. The highest BCUT2D eigenvalue weighted by molar-refractivity contribution is 5.75. The average Bonchev–Trinajstić information content (AvgIpc) is 3.04. The van der Waals surface area contributed by atoms with Crippen molar-refractivity contribution in [3.05, 3.63) is 30.1 Å². The van der Waals surface area contributed by atoms with E-state index in [2.05, 4.69) is 36.0 Å². The van der Waals surface area contributed by atoms with E-state index < -0.39 is 0 Å². The molecule has 2 aromatic rings. The van der Waals surface area contributed by atoms with Crippen molar-refractivity contribution in [1.82, 2.24) is 14.9 Å². The van der Waals surface area contributed by atoms with E-state index in [0.717, 1.165) is 24.2 Å². The van der Waals surface area contributed by atoms with Crippen molar-refractivity contribution in [2.24, 2.45) is 13.0 Å². The van der Waals surface area contributed by atoms with Crippen molar-refractivity contribution in [3.63, 3.8) is 0 Å². The van der Waals surface area contributed by atoms with E-state index in [1.54, 1.807) is 0 Å². The van der Waals surface area contributed by atoms with Crippen LogP contribution in [0.25, 0.3) is 11.0 Å². The molecular formula is C16H23N3O. The van der Waals surface area contributed by atoms with Gasteiger partial charge in [0.05, 0.1) is 17.1 Å². The van der Waals surface area contributed by atoms with E-state index in [0.29, 0.717) is 12.0 Å². The summed E-state index contributed by atoms with van der Waals surface area (Å²) < 4.78 is 2.16. The van der Waals surface area contributed by atoms with Gasteiger partial charge in [-0.25, -0.2) is 4.98 Å². The second kappa shape index (κ2) is 5.54. The molecule has 0 spiro atoms. The van der Waals surface area contributed by atoms with Gasteiger partial charge in [-0.2, -0.15) is 0 Å². The molecule has 3 unspecified atom stereocenters. The molecule has 0 saturated heterocycles. The van der Waals surface area contributed by atoms with Gasteiger partial charge in [0.2, 0.25) is 0 Å². The summed E-state index contributed by atoms with van der Waals surface area (Å²) in [6.07, 6.45) is 3.49. The van der Waals surface area contributed by atoms with Crippen molar-refractivity contribution < 1.29 is 5.11 Å². The number of aryl methyl sites for hydroxylation is 1. The lowest BCUT2D eigenvalue weighted by molar-refractivity contribution is 0.199. The van der Waals surface area contributed by atoms with Crippen LogP contribution in [0, 0.1) is 5.92 Å². The third-order valence-electron chi connectivity index (χ3n) is 4.57. The predicted octanol–water partition coefficient (Wildman–Crippen LogP) is 2.38. The van der Waals surface area contributed by atoms with E-state index in [4.69, 9.17) is 4.98 Å². The maximum Gasteiger partial charge on any atom is 0.126 e. The SMILES string of the molecule is CC(NC1CCCC1CO)c1nc2ccccc2n1C. The van der Waals surface area contributed by atoms with Gasteiger partial charge in [0.25, 0.3) is 0 Å². The number of rotatable bonds is 4. The molecule has 4 heteroatoms. The Labute approximate surface area is 119 Å². The van der Waals surface area contributed by atoms with Gasteiger partial charge in [-0.3, -0.25) is 0 Å². The molecule has 1 aliphatic carbocycles. The van der Waals surface area contributed by atoms with Crippen LogP contribution in [-0.2, 0) is 7.05 Å². The van der Waals surface area contributed by atoms with Gasteiger partial charge < -0.3 is 15.0 Å². The minimum absolute atomic E-state index is 0.199. The van der Waals surface area contributed by atoms with Crippen LogP contribution in [0.15, 0.2) is 24.3 Å². The van der Waals surface area contributed by atoms with E-state index >= 15 is 0 Å². The van der Waals surface area contributed by atoms with Crippen LogP contribution in [0.1, 0.15) is 38.1 Å². The number of hydrogen-bond donors (Lipinski definition) is 2. The maximum absolute atomic E-state index is 9.43. The number of aliphatic hydroxyl groups is 1. The lowest BCUT2D eigenvalue weighted by Crippen LogP contribution is -2.36. The number of benzene rings is 1. The van der Waals surface area contributed by atoms with Crippen LogP contribution in [0.5, 0.6) is 0 Å². The Hall–Kier alpha value is -1.39. The zero-order chi connectivity index (χ0) is 14.1. The van der Waals surface area contributed by atoms with Gasteiger partial charge in [0.1, 0.15) is 5.82 Å². The molecule has 1 heterocycles. The maximum atomic E-state index is 9.43. The summed E-state index contributed by atoms with van der Waals surface area (Å²) in [4.78, 5) is 4.74. The Morgan fingerprint density at radius 1 is 1.40 bits per heavy atom. The minimum Gasteiger partial charge on any atom is -0.396 e. The van der Waals surface area contributed by atoms with Crippen LogP contribution in [0.4, 0.5) is 0 Å². The molecule has 0 amide bonds. The molecule has 1 fully saturated rings. The molecule has 108 valence electrons. The molecule has 3 atom stereocenters. The van der Waals surface area contributed by atoms with Gasteiger partial charge >= 0.3 is 0 Å². The fourth-order valence-electron chi connectivity index (χ4n) is 3.42. The van der Waals surface area contributed by atoms with Crippen LogP contribution < -0.4 is 5.32 Å². The molecule has 4 nitrogen and oxygen atoms in total. The Balaban J connectivity index is 1.82. The molecule has 0 bridgehead atoms. The predicted molar refractivity (Wildman–Crippen MR) is 80.5 cm³/mol. The lowest BCUT2D eigenvalue weighted by atomic mass is 10.0. The summed E-state index contributed by atoms with van der Waals surface area (Å²) in [6.45, 7) is 2.45. The number of aromatic nitrogens is 2. The summed E-state index contributed by atoms with van der Waals surface area (Å²) >= 11 is 0. The molecular weight excluding hydrogens is 250 g/mol. The Bertz CT molecular complexity index is 592.